The fourth-order valence-corrected chi connectivity index (χ4v) is 2.57. The van der Waals surface area contributed by atoms with Gasteiger partial charge >= 0.3 is 6.18 Å². The van der Waals surface area contributed by atoms with Gasteiger partial charge < -0.3 is 10.2 Å². The summed E-state index contributed by atoms with van der Waals surface area (Å²) in [6, 6.07) is 5.72. The van der Waals surface area contributed by atoms with E-state index >= 15 is 0 Å². The maximum absolute atomic E-state index is 13.2. The van der Waals surface area contributed by atoms with Crippen molar-refractivity contribution in [1.29, 1.82) is 0 Å². The highest BCUT2D eigenvalue weighted by atomic mass is 19.4. The van der Waals surface area contributed by atoms with Crippen LogP contribution in [0.5, 0.6) is 0 Å². The highest BCUT2D eigenvalue weighted by molar-refractivity contribution is 5.78. The second-order valence-electron chi connectivity index (χ2n) is 5.41. The highest BCUT2D eigenvalue weighted by Crippen LogP contribution is 2.32. The summed E-state index contributed by atoms with van der Waals surface area (Å²) in [7, 11) is 0. The van der Waals surface area contributed by atoms with E-state index in [1.165, 1.54) is 12.1 Å². The Bertz CT molecular complexity index is 493. The minimum atomic E-state index is -4.45. The Morgan fingerprint density at radius 3 is 2.68 bits per heavy atom. The van der Waals surface area contributed by atoms with Gasteiger partial charge in [0.2, 0.25) is 5.91 Å². The predicted molar refractivity (Wildman–Crippen MR) is 77.3 cm³/mol. The molecule has 0 spiro atoms. The molecule has 1 unspecified atom stereocenters. The van der Waals surface area contributed by atoms with Crippen molar-refractivity contribution >= 4 is 5.91 Å². The Kier molecular flexibility index (Phi) is 5.42. The number of benzene rings is 1. The molecule has 4 nitrogen and oxygen atoms in total. The second kappa shape index (κ2) is 7.11. The third kappa shape index (κ3) is 4.20. The van der Waals surface area contributed by atoms with Gasteiger partial charge in [-0.15, -0.1) is 0 Å². The molecule has 0 radical (unpaired) electrons. The number of hydrogen-bond acceptors (Lipinski definition) is 3. The number of carbonyl (C=O) groups is 1. The van der Waals surface area contributed by atoms with Crippen molar-refractivity contribution in [1.82, 2.24) is 15.5 Å². The number of rotatable bonds is 4. The minimum absolute atomic E-state index is 0.0101. The average Bonchev–Trinajstić information content (AvgIpc) is 2.47. The summed E-state index contributed by atoms with van der Waals surface area (Å²) in [5, 5.41) is 5.50. The number of alkyl halides is 3. The van der Waals surface area contributed by atoms with Crippen LogP contribution in [-0.2, 0) is 4.79 Å². The number of hydrogen-bond donors (Lipinski definition) is 2. The molecule has 122 valence electrons. The van der Waals surface area contributed by atoms with Crippen molar-refractivity contribution in [3.8, 4) is 0 Å². The second-order valence-corrected chi connectivity index (χ2v) is 5.41. The summed E-state index contributed by atoms with van der Waals surface area (Å²) in [5.41, 5.74) is 0.108. The Hall–Kier alpha value is -1.60. The molecule has 1 heterocycles. The predicted octanol–water partition coefficient (Wildman–Crippen LogP) is 1.70. The van der Waals surface area contributed by atoms with Gasteiger partial charge in [-0.25, -0.2) is 0 Å². The van der Waals surface area contributed by atoms with E-state index in [0.29, 0.717) is 19.6 Å². The lowest BCUT2D eigenvalue weighted by Gasteiger charge is -2.34. The average molecular weight is 315 g/mol. The number of nitrogens with zero attached hydrogens (tertiary/aromatic N) is 1. The van der Waals surface area contributed by atoms with Crippen molar-refractivity contribution < 1.29 is 18.0 Å². The Morgan fingerprint density at radius 2 is 2.09 bits per heavy atom. The quantitative estimate of drug-likeness (QED) is 0.889. The summed E-state index contributed by atoms with van der Waals surface area (Å²) >= 11 is 0. The van der Waals surface area contributed by atoms with Crippen molar-refractivity contribution in [3.05, 3.63) is 35.9 Å². The summed E-state index contributed by atoms with van der Waals surface area (Å²) in [4.78, 5) is 13.8. The molecule has 0 aromatic heterocycles. The van der Waals surface area contributed by atoms with Crippen LogP contribution in [0.15, 0.2) is 30.3 Å². The molecule has 7 heteroatoms. The van der Waals surface area contributed by atoms with Crippen molar-refractivity contribution in [2.75, 3.05) is 26.2 Å². The molecule has 1 aromatic rings. The Labute approximate surface area is 127 Å². The lowest BCUT2D eigenvalue weighted by Crippen LogP contribution is -2.54. The van der Waals surface area contributed by atoms with Crippen LogP contribution in [-0.4, -0.2) is 49.2 Å². The van der Waals surface area contributed by atoms with E-state index < -0.39 is 12.2 Å². The van der Waals surface area contributed by atoms with Crippen molar-refractivity contribution in [3.63, 3.8) is 0 Å². The fourth-order valence-electron chi connectivity index (χ4n) is 2.57. The third-order valence-corrected chi connectivity index (χ3v) is 3.74. The molecule has 1 aliphatic rings. The molecule has 0 saturated carbocycles. The normalized spacial score (nSPS) is 20.7. The summed E-state index contributed by atoms with van der Waals surface area (Å²) < 4.78 is 39.5. The molecule has 1 aliphatic heterocycles. The van der Waals surface area contributed by atoms with Crippen LogP contribution in [0.2, 0.25) is 0 Å². The molecule has 1 amide bonds. The lowest BCUT2D eigenvalue weighted by atomic mass is 10.1. The van der Waals surface area contributed by atoms with Gasteiger partial charge in [-0.2, -0.15) is 13.2 Å². The van der Waals surface area contributed by atoms with E-state index in [1.807, 2.05) is 6.92 Å². The zero-order chi connectivity index (χ0) is 16.2. The van der Waals surface area contributed by atoms with Crippen LogP contribution in [0.1, 0.15) is 18.5 Å². The van der Waals surface area contributed by atoms with E-state index in [1.54, 1.807) is 23.1 Å². The van der Waals surface area contributed by atoms with E-state index in [0.717, 1.165) is 0 Å². The molecule has 2 N–H and O–H groups in total. The van der Waals surface area contributed by atoms with Gasteiger partial charge in [0.25, 0.3) is 0 Å². The lowest BCUT2D eigenvalue weighted by molar-refractivity contribution is -0.159. The fraction of sp³-hybridized carbons (Fsp3) is 0.533. The first-order valence-corrected chi connectivity index (χ1v) is 7.25. The summed E-state index contributed by atoms with van der Waals surface area (Å²) in [6.07, 6.45) is -4.45. The van der Waals surface area contributed by atoms with Crippen LogP contribution in [0.25, 0.3) is 0 Å². The van der Waals surface area contributed by atoms with Crippen LogP contribution in [0, 0.1) is 0 Å². The van der Waals surface area contributed by atoms with Crippen LogP contribution in [0.4, 0.5) is 13.2 Å². The third-order valence-electron chi connectivity index (χ3n) is 3.74. The number of halogens is 3. The minimum Gasteiger partial charge on any atom is -0.336 e. The smallest absolute Gasteiger partial charge is 0.336 e. The van der Waals surface area contributed by atoms with Crippen LogP contribution in [0.3, 0.4) is 0 Å². The van der Waals surface area contributed by atoms with E-state index in [2.05, 4.69) is 10.6 Å². The molecular weight excluding hydrogens is 295 g/mol. The molecule has 1 saturated heterocycles. The standard InChI is InChI=1S/C15H20F3N3O/c1-11-9-19-7-8-21(11)13(22)10-20-14(15(16,17)18)12-5-3-2-4-6-12/h2-6,11,14,19-20H,7-10H2,1H3/t11-,14?/m1/s1. The molecular formula is C15H20F3N3O. The van der Waals surface area contributed by atoms with Gasteiger partial charge in [-0.1, -0.05) is 30.3 Å². The monoisotopic (exact) mass is 315 g/mol. The zero-order valence-electron chi connectivity index (χ0n) is 12.4. The number of nitrogens with one attached hydrogen (secondary N) is 2. The number of amides is 1. The Balaban J connectivity index is 2.01. The molecule has 0 aliphatic carbocycles. The van der Waals surface area contributed by atoms with Gasteiger partial charge in [0.05, 0.1) is 6.54 Å². The Morgan fingerprint density at radius 1 is 1.41 bits per heavy atom. The van der Waals surface area contributed by atoms with Crippen LogP contribution < -0.4 is 10.6 Å². The van der Waals surface area contributed by atoms with Gasteiger partial charge in [-0.3, -0.25) is 10.1 Å². The number of piperazine rings is 1. The molecule has 2 atom stereocenters. The molecule has 2 rings (SSSR count). The van der Waals surface area contributed by atoms with Crippen molar-refractivity contribution in [2.45, 2.75) is 25.2 Å². The molecule has 1 aromatic carbocycles. The highest BCUT2D eigenvalue weighted by Gasteiger charge is 2.41. The maximum Gasteiger partial charge on any atom is 0.407 e. The molecule has 22 heavy (non-hydrogen) atoms. The summed E-state index contributed by atoms with van der Waals surface area (Å²) in [6.45, 7) is 3.39. The van der Waals surface area contributed by atoms with E-state index in [4.69, 9.17) is 0 Å². The van der Waals surface area contributed by atoms with E-state index in [9.17, 15) is 18.0 Å². The maximum atomic E-state index is 13.2. The molecule has 0 bridgehead atoms. The first kappa shape index (κ1) is 16.8. The SMILES string of the molecule is C[C@@H]1CNCCN1C(=O)CNC(c1ccccc1)C(F)(F)F. The van der Waals surface area contributed by atoms with Gasteiger partial charge in [0, 0.05) is 25.7 Å². The number of carbonyl (C=O) groups excluding carboxylic acids is 1. The zero-order valence-corrected chi connectivity index (χ0v) is 12.4. The molecule has 1 fully saturated rings. The largest absolute Gasteiger partial charge is 0.407 e. The van der Waals surface area contributed by atoms with Gasteiger partial charge in [0.1, 0.15) is 6.04 Å². The first-order chi connectivity index (χ1) is 10.4. The first-order valence-electron chi connectivity index (χ1n) is 7.25. The van der Waals surface area contributed by atoms with Gasteiger partial charge in [0.15, 0.2) is 0 Å². The summed E-state index contributed by atoms with van der Waals surface area (Å²) in [5.74, 6) is -0.306. The van der Waals surface area contributed by atoms with E-state index in [-0.39, 0.29) is 24.1 Å². The topological polar surface area (TPSA) is 44.4 Å². The van der Waals surface area contributed by atoms with Gasteiger partial charge in [-0.05, 0) is 12.5 Å². The van der Waals surface area contributed by atoms with Crippen LogP contribution >= 0.6 is 0 Å². The van der Waals surface area contributed by atoms with Crippen molar-refractivity contribution in [2.24, 2.45) is 0 Å².